The number of hydrogen-bond donors (Lipinski definition) is 3. The van der Waals surface area contributed by atoms with Crippen molar-refractivity contribution < 1.29 is 80.2 Å². The van der Waals surface area contributed by atoms with E-state index in [1.54, 1.807) is 0 Å². The molecule has 0 aromatic carbocycles. The van der Waals surface area contributed by atoms with Crippen molar-refractivity contribution in [1.29, 1.82) is 0 Å². The number of phosphoric acid groups is 2. The van der Waals surface area contributed by atoms with Crippen LogP contribution in [0.5, 0.6) is 0 Å². The molecule has 0 bridgehead atoms. The molecular weight excluding hydrogens is 1050 g/mol. The van der Waals surface area contributed by atoms with Crippen molar-refractivity contribution in [3.05, 3.63) is 0 Å². The van der Waals surface area contributed by atoms with Crippen molar-refractivity contribution in [2.45, 2.75) is 316 Å². The molecule has 0 saturated heterocycles. The van der Waals surface area contributed by atoms with Crippen molar-refractivity contribution in [1.82, 2.24) is 0 Å². The molecule has 17 nitrogen and oxygen atoms in total. The number of esters is 4. The van der Waals surface area contributed by atoms with Gasteiger partial charge in [0, 0.05) is 25.7 Å². The molecule has 0 aromatic heterocycles. The Morgan fingerprint density at radius 3 is 0.861 bits per heavy atom. The second-order valence-corrected chi connectivity index (χ2v) is 25.1. The van der Waals surface area contributed by atoms with Gasteiger partial charge in [0.15, 0.2) is 12.2 Å². The van der Waals surface area contributed by atoms with Crippen LogP contribution in [0.25, 0.3) is 0 Å². The fraction of sp³-hybridized carbons (Fsp3) is 0.933. The third-order valence-electron chi connectivity index (χ3n) is 13.8. The summed E-state index contributed by atoms with van der Waals surface area (Å²) in [4.78, 5) is 71.7. The van der Waals surface area contributed by atoms with Gasteiger partial charge in [-0.2, -0.15) is 0 Å². The third kappa shape index (κ3) is 55.0. The molecule has 0 heterocycles. The summed E-state index contributed by atoms with van der Waals surface area (Å²) in [7, 11) is -9.87. The van der Waals surface area contributed by atoms with Gasteiger partial charge >= 0.3 is 39.5 Å². The number of unbranched alkanes of at least 4 members (excludes halogenated alkanes) is 32. The van der Waals surface area contributed by atoms with Gasteiger partial charge in [-0.05, 0) is 31.6 Å². The van der Waals surface area contributed by atoms with Gasteiger partial charge in [-0.3, -0.25) is 37.3 Å². The zero-order valence-corrected chi connectivity index (χ0v) is 52.3. The van der Waals surface area contributed by atoms with E-state index in [2.05, 4.69) is 34.6 Å². The Labute approximate surface area is 479 Å². The summed E-state index contributed by atoms with van der Waals surface area (Å²) in [6, 6.07) is 0. The van der Waals surface area contributed by atoms with Crippen LogP contribution in [0.3, 0.4) is 0 Å². The van der Waals surface area contributed by atoms with E-state index in [0.29, 0.717) is 25.7 Å². The van der Waals surface area contributed by atoms with Crippen molar-refractivity contribution in [2.24, 2.45) is 5.92 Å². The molecule has 0 amide bonds. The number of carbonyl (C=O) groups is 4. The monoisotopic (exact) mass is 1170 g/mol. The van der Waals surface area contributed by atoms with E-state index in [1.165, 1.54) is 109 Å². The van der Waals surface area contributed by atoms with Gasteiger partial charge in [0.1, 0.15) is 19.3 Å². The largest absolute Gasteiger partial charge is 0.472 e. The minimum atomic E-state index is -4.94. The zero-order chi connectivity index (χ0) is 58.5. The lowest BCUT2D eigenvalue weighted by molar-refractivity contribution is -0.161. The minimum absolute atomic E-state index is 0.104. The van der Waals surface area contributed by atoms with Crippen LogP contribution in [0.4, 0.5) is 0 Å². The van der Waals surface area contributed by atoms with Crippen LogP contribution < -0.4 is 0 Å². The number of ether oxygens (including phenoxy) is 4. The second kappa shape index (κ2) is 54.0. The lowest BCUT2D eigenvalue weighted by Crippen LogP contribution is -2.30. The van der Waals surface area contributed by atoms with E-state index in [9.17, 15) is 43.2 Å². The van der Waals surface area contributed by atoms with Gasteiger partial charge in [-0.25, -0.2) is 9.13 Å². The van der Waals surface area contributed by atoms with Gasteiger partial charge in [-0.15, -0.1) is 0 Å². The molecule has 0 aromatic rings. The first-order valence-electron chi connectivity index (χ1n) is 31.6. The summed E-state index contributed by atoms with van der Waals surface area (Å²) in [6.45, 7) is 7.02. The average Bonchev–Trinajstić information content (AvgIpc) is 3.41. The molecule has 0 aliphatic heterocycles. The van der Waals surface area contributed by atoms with Crippen LogP contribution in [-0.2, 0) is 65.4 Å². The van der Waals surface area contributed by atoms with Crippen LogP contribution in [0.15, 0.2) is 0 Å². The number of hydrogen-bond acceptors (Lipinski definition) is 15. The summed E-state index contributed by atoms with van der Waals surface area (Å²) in [5.41, 5.74) is 0. The Kier molecular flexibility index (Phi) is 52.7. The molecule has 0 aliphatic rings. The highest BCUT2D eigenvalue weighted by atomic mass is 31.2. The van der Waals surface area contributed by atoms with Gasteiger partial charge < -0.3 is 33.8 Å². The smallest absolute Gasteiger partial charge is 0.462 e. The molecule has 3 N–H and O–H groups in total. The molecule has 0 saturated carbocycles. The van der Waals surface area contributed by atoms with Crippen LogP contribution in [0.2, 0.25) is 0 Å². The first-order valence-corrected chi connectivity index (χ1v) is 34.6. The van der Waals surface area contributed by atoms with E-state index < -0.39 is 97.5 Å². The van der Waals surface area contributed by atoms with E-state index in [-0.39, 0.29) is 25.7 Å². The van der Waals surface area contributed by atoms with Crippen LogP contribution in [0.1, 0.15) is 298 Å². The minimum Gasteiger partial charge on any atom is -0.462 e. The predicted octanol–water partition coefficient (Wildman–Crippen LogP) is 16.2. The van der Waals surface area contributed by atoms with E-state index >= 15 is 0 Å². The van der Waals surface area contributed by atoms with Gasteiger partial charge in [0.05, 0.1) is 26.4 Å². The third-order valence-corrected chi connectivity index (χ3v) is 15.7. The standard InChI is InChI=1S/C60H116O17P2/c1-6-9-12-15-17-19-20-21-22-23-24-25-31-36-41-46-60(65)77-56(50-71-58(63)44-39-34-30-27-26-28-33-37-42-53(4)5)52-75-79(68,69)73-48-54(61)47-72-78(66,67)74-51-55(49-70-57(62)43-38-32-14-11-8-3)76-59(64)45-40-35-29-18-16-13-10-7-2/h53-56,61H,6-52H2,1-5H3,(H,66,67)(H,68,69)/t54-,55+,56+/m0/s1. The number of carbonyl (C=O) groups excluding carboxylic acids is 4. The van der Waals surface area contributed by atoms with E-state index in [4.69, 9.17) is 37.0 Å². The lowest BCUT2D eigenvalue weighted by atomic mass is 10.0. The highest BCUT2D eigenvalue weighted by molar-refractivity contribution is 7.47. The molecule has 5 atom stereocenters. The van der Waals surface area contributed by atoms with Gasteiger partial charge in [0.2, 0.25) is 0 Å². The maximum atomic E-state index is 12.9. The summed E-state index contributed by atoms with van der Waals surface area (Å²) in [5.74, 6) is -1.42. The number of rotatable bonds is 60. The summed E-state index contributed by atoms with van der Waals surface area (Å²) in [5, 5.41) is 10.5. The Morgan fingerprint density at radius 1 is 0.342 bits per heavy atom. The molecular formula is C60H116O17P2. The molecule has 0 fully saturated rings. The van der Waals surface area contributed by atoms with Crippen molar-refractivity contribution in [3.8, 4) is 0 Å². The number of aliphatic hydroxyl groups is 1. The average molecular weight is 1170 g/mol. The number of aliphatic hydroxyl groups excluding tert-OH is 1. The van der Waals surface area contributed by atoms with Crippen LogP contribution in [0, 0.1) is 5.92 Å². The highest BCUT2D eigenvalue weighted by Crippen LogP contribution is 2.45. The van der Waals surface area contributed by atoms with E-state index in [0.717, 1.165) is 109 Å². The summed E-state index contributed by atoms with van der Waals surface area (Å²) >= 11 is 0. The Balaban J connectivity index is 5.16. The van der Waals surface area contributed by atoms with E-state index in [1.807, 2.05) is 0 Å². The van der Waals surface area contributed by atoms with Gasteiger partial charge in [-0.1, -0.05) is 247 Å². The lowest BCUT2D eigenvalue weighted by Gasteiger charge is -2.21. The van der Waals surface area contributed by atoms with Crippen LogP contribution >= 0.6 is 15.6 Å². The number of phosphoric ester groups is 2. The van der Waals surface area contributed by atoms with Crippen molar-refractivity contribution >= 4 is 39.5 Å². The van der Waals surface area contributed by atoms with Crippen molar-refractivity contribution in [3.63, 3.8) is 0 Å². The normalized spacial score (nSPS) is 14.3. The molecule has 468 valence electrons. The first kappa shape index (κ1) is 77.1. The fourth-order valence-corrected chi connectivity index (χ4v) is 10.5. The van der Waals surface area contributed by atoms with Crippen LogP contribution in [-0.4, -0.2) is 96.7 Å². The summed E-state index contributed by atoms with van der Waals surface area (Å²) in [6.07, 6.45) is 36.6. The Hall–Kier alpha value is -1.94. The SMILES string of the molecule is CCCCCCCCCCCCCCCCCC(=O)O[C@H](COC(=O)CCCCCCCCCCC(C)C)COP(=O)(O)OC[C@@H](O)COP(=O)(O)OC[C@@H](COC(=O)CCCCCCC)OC(=O)CCCCCCCCCC. The molecule has 0 aliphatic carbocycles. The Bertz CT molecular complexity index is 1550. The highest BCUT2D eigenvalue weighted by Gasteiger charge is 2.30. The predicted molar refractivity (Wildman–Crippen MR) is 312 cm³/mol. The second-order valence-electron chi connectivity index (χ2n) is 22.2. The molecule has 2 unspecified atom stereocenters. The maximum Gasteiger partial charge on any atom is 0.472 e. The van der Waals surface area contributed by atoms with Gasteiger partial charge in [0.25, 0.3) is 0 Å². The molecule has 19 heteroatoms. The zero-order valence-electron chi connectivity index (χ0n) is 50.5. The first-order chi connectivity index (χ1) is 38.0. The Morgan fingerprint density at radius 2 is 0.582 bits per heavy atom. The fourth-order valence-electron chi connectivity index (χ4n) is 8.88. The quantitative estimate of drug-likeness (QED) is 0.0222. The molecule has 0 radical (unpaired) electrons. The molecule has 0 rings (SSSR count). The molecule has 79 heavy (non-hydrogen) atoms. The maximum absolute atomic E-state index is 12.9. The van der Waals surface area contributed by atoms with Crippen molar-refractivity contribution in [2.75, 3.05) is 39.6 Å². The topological polar surface area (TPSA) is 237 Å². The summed E-state index contributed by atoms with van der Waals surface area (Å²) < 4.78 is 67.6. The molecule has 0 spiro atoms.